The molecule has 0 radical (unpaired) electrons. The molecule has 0 atom stereocenters. The molecule has 3 nitrogen and oxygen atoms in total. The predicted molar refractivity (Wildman–Crippen MR) is 77.9 cm³/mol. The number of benzene rings is 1. The Labute approximate surface area is 115 Å². The maximum atomic E-state index is 12.3. The highest BCUT2D eigenvalue weighted by atomic mass is 32.1. The second-order valence-electron chi connectivity index (χ2n) is 4.69. The molecular weight excluding hydrogens is 256 g/mol. The van der Waals surface area contributed by atoms with Gasteiger partial charge in [-0.05, 0) is 48.6 Å². The third-order valence-corrected chi connectivity index (χ3v) is 4.21. The topological polar surface area (TPSA) is 34.9 Å². The number of hydrogen-bond acceptors (Lipinski definition) is 3. The fraction of sp³-hybridized carbons (Fsp3) is 0.200. The lowest BCUT2D eigenvalue weighted by Gasteiger charge is -2.04. The number of rotatable bonds is 2. The molecule has 0 amide bonds. The van der Waals surface area contributed by atoms with Crippen molar-refractivity contribution in [1.29, 1.82) is 0 Å². The average molecular weight is 270 g/mol. The lowest BCUT2D eigenvalue weighted by molar-refractivity contribution is 0.0919. The molecule has 96 valence electrons. The zero-order chi connectivity index (χ0) is 13.4. The number of thiophene rings is 1. The Morgan fingerprint density at radius 1 is 1.32 bits per heavy atom. The number of fused-ring (bicyclic) bond motifs is 1. The van der Waals surface area contributed by atoms with Gasteiger partial charge in [-0.2, -0.15) is 0 Å². The summed E-state index contributed by atoms with van der Waals surface area (Å²) in [4.78, 5) is 17.7. The molecule has 1 aromatic carbocycles. The number of carbonyl (C=O) groups excluding carboxylic acids is 1. The van der Waals surface area contributed by atoms with E-state index in [2.05, 4.69) is 18.8 Å². The van der Waals surface area contributed by atoms with E-state index in [0.717, 1.165) is 15.9 Å². The van der Waals surface area contributed by atoms with Crippen molar-refractivity contribution in [3.05, 3.63) is 52.0 Å². The number of aromatic nitrogens is 2. The fourth-order valence-corrected chi connectivity index (χ4v) is 2.81. The minimum absolute atomic E-state index is 0.0632. The SMILES string of the molecule is Cc1cc2ncn(C(=O)Cc3cccs3)c2cc1C. The van der Waals surface area contributed by atoms with Gasteiger partial charge in [0.05, 0.1) is 17.5 Å². The highest BCUT2D eigenvalue weighted by Crippen LogP contribution is 2.19. The third-order valence-electron chi connectivity index (χ3n) is 3.34. The Morgan fingerprint density at radius 2 is 2.11 bits per heavy atom. The number of carbonyl (C=O) groups is 1. The van der Waals surface area contributed by atoms with E-state index in [9.17, 15) is 4.79 Å². The Morgan fingerprint density at radius 3 is 2.84 bits per heavy atom. The van der Waals surface area contributed by atoms with E-state index in [-0.39, 0.29) is 5.91 Å². The van der Waals surface area contributed by atoms with Crippen LogP contribution in [0.3, 0.4) is 0 Å². The highest BCUT2D eigenvalue weighted by molar-refractivity contribution is 7.10. The molecule has 3 aromatic rings. The normalized spacial score (nSPS) is 11.1. The first-order chi connectivity index (χ1) is 9.15. The van der Waals surface area contributed by atoms with E-state index in [1.807, 2.05) is 29.6 Å². The molecule has 0 spiro atoms. The Hall–Kier alpha value is -1.94. The lowest BCUT2D eigenvalue weighted by atomic mass is 10.1. The van der Waals surface area contributed by atoms with Gasteiger partial charge in [-0.25, -0.2) is 4.98 Å². The van der Waals surface area contributed by atoms with Crippen molar-refractivity contribution in [2.75, 3.05) is 0 Å². The summed E-state index contributed by atoms with van der Waals surface area (Å²) in [5, 5.41) is 1.99. The molecule has 0 saturated heterocycles. The molecule has 0 bridgehead atoms. The largest absolute Gasteiger partial charge is 0.274 e. The van der Waals surface area contributed by atoms with E-state index in [4.69, 9.17) is 0 Å². The van der Waals surface area contributed by atoms with Crippen LogP contribution in [0.2, 0.25) is 0 Å². The van der Waals surface area contributed by atoms with Gasteiger partial charge in [-0.3, -0.25) is 9.36 Å². The standard InChI is InChI=1S/C15H14N2OS/c1-10-6-13-14(7-11(10)2)17(9-16-13)15(18)8-12-4-3-5-19-12/h3-7,9H,8H2,1-2H3. The van der Waals surface area contributed by atoms with Crippen molar-refractivity contribution in [3.8, 4) is 0 Å². The van der Waals surface area contributed by atoms with Gasteiger partial charge in [-0.1, -0.05) is 6.07 Å². The van der Waals surface area contributed by atoms with Crippen LogP contribution < -0.4 is 0 Å². The quantitative estimate of drug-likeness (QED) is 0.713. The second kappa shape index (κ2) is 4.63. The number of imidazole rings is 1. The first kappa shape index (κ1) is 12.1. The predicted octanol–water partition coefficient (Wildman–Crippen LogP) is 3.60. The number of aryl methyl sites for hydroxylation is 2. The second-order valence-corrected chi connectivity index (χ2v) is 5.72. The zero-order valence-electron chi connectivity index (χ0n) is 10.9. The molecule has 0 fully saturated rings. The molecule has 3 rings (SSSR count). The van der Waals surface area contributed by atoms with Crippen LogP contribution in [0.15, 0.2) is 36.0 Å². The van der Waals surface area contributed by atoms with Crippen molar-refractivity contribution in [2.24, 2.45) is 0 Å². The molecular formula is C15H14N2OS. The molecule has 0 aliphatic rings. The molecule has 0 N–H and O–H groups in total. The van der Waals surface area contributed by atoms with Crippen molar-refractivity contribution in [3.63, 3.8) is 0 Å². The molecule has 4 heteroatoms. The maximum Gasteiger partial charge on any atom is 0.237 e. The summed E-state index contributed by atoms with van der Waals surface area (Å²) in [5.74, 6) is 0.0632. The summed E-state index contributed by atoms with van der Waals surface area (Å²) in [6.07, 6.45) is 2.05. The van der Waals surface area contributed by atoms with Crippen molar-refractivity contribution >= 4 is 28.3 Å². The van der Waals surface area contributed by atoms with E-state index < -0.39 is 0 Å². The molecule has 2 aromatic heterocycles. The first-order valence-corrected chi connectivity index (χ1v) is 7.03. The van der Waals surface area contributed by atoms with Crippen LogP contribution in [0.4, 0.5) is 0 Å². The Kier molecular flexibility index (Phi) is 2.95. The minimum atomic E-state index is 0.0632. The minimum Gasteiger partial charge on any atom is -0.274 e. The number of nitrogens with zero attached hydrogens (tertiary/aromatic N) is 2. The van der Waals surface area contributed by atoms with Crippen LogP contribution in [0, 0.1) is 13.8 Å². The van der Waals surface area contributed by atoms with Gasteiger partial charge in [0, 0.05) is 4.88 Å². The van der Waals surface area contributed by atoms with Gasteiger partial charge in [0.1, 0.15) is 6.33 Å². The first-order valence-electron chi connectivity index (χ1n) is 6.15. The van der Waals surface area contributed by atoms with E-state index in [1.165, 1.54) is 11.1 Å². The van der Waals surface area contributed by atoms with Crippen molar-refractivity contribution in [2.45, 2.75) is 20.3 Å². The monoisotopic (exact) mass is 270 g/mol. The summed E-state index contributed by atoms with van der Waals surface area (Å²) in [6.45, 7) is 4.11. The van der Waals surface area contributed by atoms with Gasteiger partial charge < -0.3 is 0 Å². The highest BCUT2D eigenvalue weighted by Gasteiger charge is 2.12. The zero-order valence-corrected chi connectivity index (χ0v) is 11.7. The van der Waals surface area contributed by atoms with Crippen LogP contribution in [0.5, 0.6) is 0 Å². The van der Waals surface area contributed by atoms with Crippen LogP contribution in [0.1, 0.15) is 20.8 Å². The summed E-state index contributed by atoms with van der Waals surface area (Å²) < 4.78 is 1.65. The molecule has 19 heavy (non-hydrogen) atoms. The maximum absolute atomic E-state index is 12.3. The smallest absolute Gasteiger partial charge is 0.237 e. The molecule has 0 aliphatic carbocycles. The van der Waals surface area contributed by atoms with Crippen LogP contribution >= 0.6 is 11.3 Å². The Bertz CT molecular complexity index is 741. The van der Waals surface area contributed by atoms with Crippen molar-refractivity contribution < 1.29 is 4.79 Å². The average Bonchev–Trinajstić information content (AvgIpc) is 2.99. The molecule has 0 saturated carbocycles. The third kappa shape index (κ3) is 2.19. The summed E-state index contributed by atoms with van der Waals surface area (Å²) >= 11 is 1.60. The van der Waals surface area contributed by atoms with Crippen LogP contribution in [-0.2, 0) is 6.42 Å². The summed E-state index contributed by atoms with van der Waals surface area (Å²) in [5.41, 5.74) is 4.15. The van der Waals surface area contributed by atoms with Gasteiger partial charge in [0.2, 0.25) is 5.91 Å². The summed E-state index contributed by atoms with van der Waals surface area (Å²) in [6, 6.07) is 8.01. The summed E-state index contributed by atoms with van der Waals surface area (Å²) in [7, 11) is 0. The van der Waals surface area contributed by atoms with Gasteiger partial charge in [0.25, 0.3) is 0 Å². The van der Waals surface area contributed by atoms with E-state index >= 15 is 0 Å². The molecule has 0 aliphatic heterocycles. The number of hydrogen-bond donors (Lipinski definition) is 0. The fourth-order valence-electron chi connectivity index (χ4n) is 2.11. The van der Waals surface area contributed by atoms with Gasteiger partial charge in [0.15, 0.2) is 0 Å². The van der Waals surface area contributed by atoms with Gasteiger partial charge >= 0.3 is 0 Å². The molecule has 0 unspecified atom stereocenters. The Balaban J connectivity index is 2.01. The van der Waals surface area contributed by atoms with Gasteiger partial charge in [-0.15, -0.1) is 11.3 Å². The molecule has 2 heterocycles. The van der Waals surface area contributed by atoms with Crippen LogP contribution in [0.25, 0.3) is 11.0 Å². The van der Waals surface area contributed by atoms with Crippen molar-refractivity contribution in [1.82, 2.24) is 9.55 Å². The van der Waals surface area contributed by atoms with E-state index in [0.29, 0.717) is 6.42 Å². The van der Waals surface area contributed by atoms with E-state index in [1.54, 1.807) is 22.2 Å². The lowest BCUT2D eigenvalue weighted by Crippen LogP contribution is -2.11. The van der Waals surface area contributed by atoms with Crippen LogP contribution in [-0.4, -0.2) is 15.5 Å².